The Bertz CT molecular complexity index is 614. The molecule has 0 aliphatic heterocycles. The van der Waals surface area contributed by atoms with Crippen LogP contribution in [-0.2, 0) is 5.41 Å². The Kier molecular flexibility index (Phi) is 5.16. The van der Waals surface area contributed by atoms with E-state index >= 15 is 0 Å². The second kappa shape index (κ2) is 6.54. The van der Waals surface area contributed by atoms with Crippen LogP contribution >= 0.6 is 27.5 Å². The summed E-state index contributed by atoms with van der Waals surface area (Å²) in [6.45, 7) is 8.86. The monoisotopic (exact) mass is 364 g/mol. The number of benzene rings is 2. The summed E-state index contributed by atoms with van der Waals surface area (Å²) in [5.74, 6) is 0. The molecule has 0 aromatic heterocycles. The van der Waals surface area contributed by atoms with Gasteiger partial charge in [0.25, 0.3) is 0 Å². The third kappa shape index (κ3) is 3.70. The zero-order chi connectivity index (χ0) is 15.6. The van der Waals surface area contributed by atoms with Crippen molar-refractivity contribution < 1.29 is 0 Å². The molecule has 2 aromatic carbocycles. The third-order valence-electron chi connectivity index (χ3n) is 4.36. The van der Waals surface area contributed by atoms with Crippen molar-refractivity contribution in [2.75, 3.05) is 0 Å². The zero-order valence-corrected chi connectivity index (χ0v) is 15.4. The normalized spacial score (nSPS) is 13.2. The van der Waals surface area contributed by atoms with Crippen molar-refractivity contribution in [3.8, 4) is 0 Å². The Morgan fingerprint density at radius 1 is 1.05 bits per heavy atom. The Labute approximate surface area is 141 Å². The lowest BCUT2D eigenvalue weighted by Gasteiger charge is -2.24. The van der Waals surface area contributed by atoms with Gasteiger partial charge < -0.3 is 0 Å². The van der Waals surface area contributed by atoms with Gasteiger partial charge in [-0.05, 0) is 47.1 Å². The maximum atomic E-state index is 6.64. The standard InChI is InChI=1S/C19H22BrCl/c1-5-19(3,4)16-10-8-14(9-11-16)18(21)15-7-6-13(2)17(20)12-15/h6-12,18H,5H2,1-4H3. The minimum atomic E-state index is -0.110. The summed E-state index contributed by atoms with van der Waals surface area (Å²) in [6.07, 6.45) is 1.13. The topological polar surface area (TPSA) is 0 Å². The quantitative estimate of drug-likeness (QED) is 0.524. The minimum absolute atomic E-state index is 0.110. The van der Waals surface area contributed by atoms with Crippen LogP contribution in [0.5, 0.6) is 0 Å². The lowest BCUT2D eigenvalue weighted by molar-refractivity contribution is 0.506. The molecule has 0 bridgehead atoms. The molecule has 2 rings (SSSR count). The molecule has 0 spiro atoms. The van der Waals surface area contributed by atoms with E-state index in [2.05, 4.69) is 86.1 Å². The van der Waals surface area contributed by atoms with Crippen LogP contribution in [0.3, 0.4) is 0 Å². The first-order valence-corrected chi connectivity index (χ1v) is 8.58. The fraction of sp³-hybridized carbons (Fsp3) is 0.368. The van der Waals surface area contributed by atoms with Crippen LogP contribution in [0.1, 0.15) is 54.8 Å². The Balaban J connectivity index is 2.27. The van der Waals surface area contributed by atoms with E-state index in [9.17, 15) is 0 Å². The highest BCUT2D eigenvalue weighted by Gasteiger charge is 2.19. The van der Waals surface area contributed by atoms with Crippen LogP contribution in [0.15, 0.2) is 46.9 Å². The van der Waals surface area contributed by atoms with Crippen LogP contribution in [0, 0.1) is 6.92 Å². The van der Waals surface area contributed by atoms with Gasteiger partial charge in [0.2, 0.25) is 0 Å². The molecule has 0 nitrogen and oxygen atoms in total. The smallest absolute Gasteiger partial charge is 0.0835 e. The van der Waals surface area contributed by atoms with Gasteiger partial charge in [-0.25, -0.2) is 0 Å². The highest BCUT2D eigenvalue weighted by molar-refractivity contribution is 9.10. The van der Waals surface area contributed by atoms with Crippen LogP contribution in [0.4, 0.5) is 0 Å². The summed E-state index contributed by atoms with van der Waals surface area (Å²) in [5, 5.41) is -0.110. The van der Waals surface area contributed by atoms with E-state index in [-0.39, 0.29) is 10.8 Å². The highest BCUT2D eigenvalue weighted by atomic mass is 79.9. The molecule has 112 valence electrons. The SMILES string of the molecule is CCC(C)(C)c1ccc(C(Cl)c2ccc(C)c(Br)c2)cc1. The average Bonchev–Trinajstić information content (AvgIpc) is 2.49. The molecule has 2 aromatic rings. The van der Waals surface area contributed by atoms with Gasteiger partial charge in [-0.1, -0.05) is 73.1 Å². The van der Waals surface area contributed by atoms with Crippen molar-refractivity contribution in [3.63, 3.8) is 0 Å². The molecule has 0 heterocycles. The predicted octanol–water partition coefficient (Wildman–Crippen LogP) is 6.77. The van der Waals surface area contributed by atoms with Crippen LogP contribution < -0.4 is 0 Å². The van der Waals surface area contributed by atoms with Crippen LogP contribution in [0.2, 0.25) is 0 Å². The molecule has 0 amide bonds. The molecule has 21 heavy (non-hydrogen) atoms. The Morgan fingerprint density at radius 3 is 2.14 bits per heavy atom. The van der Waals surface area contributed by atoms with E-state index in [0.29, 0.717) is 0 Å². The summed E-state index contributed by atoms with van der Waals surface area (Å²) in [6, 6.07) is 15.0. The van der Waals surface area contributed by atoms with Gasteiger partial charge in [-0.3, -0.25) is 0 Å². The highest BCUT2D eigenvalue weighted by Crippen LogP contribution is 2.33. The number of alkyl halides is 1. The van der Waals surface area contributed by atoms with Crippen molar-refractivity contribution in [1.82, 2.24) is 0 Å². The van der Waals surface area contributed by atoms with E-state index < -0.39 is 0 Å². The van der Waals surface area contributed by atoms with Crippen LogP contribution in [0.25, 0.3) is 0 Å². The molecule has 1 unspecified atom stereocenters. The van der Waals surface area contributed by atoms with Gasteiger partial charge in [0.05, 0.1) is 5.38 Å². The lowest BCUT2D eigenvalue weighted by atomic mass is 9.82. The molecule has 1 atom stereocenters. The summed E-state index contributed by atoms with van der Waals surface area (Å²) < 4.78 is 1.11. The van der Waals surface area contributed by atoms with Crippen molar-refractivity contribution >= 4 is 27.5 Å². The molecular weight excluding hydrogens is 344 g/mol. The number of aryl methyl sites for hydroxylation is 1. The van der Waals surface area contributed by atoms with E-state index in [1.807, 2.05) is 0 Å². The second-order valence-corrected chi connectivity index (χ2v) is 7.52. The first-order chi connectivity index (χ1) is 9.85. The summed E-state index contributed by atoms with van der Waals surface area (Å²) >= 11 is 10.2. The van der Waals surface area contributed by atoms with Gasteiger partial charge in [0.15, 0.2) is 0 Å². The van der Waals surface area contributed by atoms with Gasteiger partial charge >= 0.3 is 0 Å². The average molecular weight is 366 g/mol. The molecule has 2 heteroatoms. The summed E-state index contributed by atoms with van der Waals surface area (Å²) in [5.41, 5.74) is 5.07. The lowest BCUT2D eigenvalue weighted by Crippen LogP contribution is -2.15. The first-order valence-electron chi connectivity index (χ1n) is 7.35. The second-order valence-electron chi connectivity index (χ2n) is 6.23. The van der Waals surface area contributed by atoms with Gasteiger partial charge in [0.1, 0.15) is 0 Å². The molecule has 0 saturated carbocycles. The summed E-state index contributed by atoms with van der Waals surface area (Å²) in [7, 11) is 0. The molecule has 0 aliphatic rings. The summed E-state index contributed by atoms with van der Waals surface area (Å²) in [4.78, 5) is 0. The number of rotatable bonds is 4. The Morgan fingerprint density at radius 2 is 1.62 bits per heavy atom. The molecule has 0 radical (unpaired) electrons. The molecule has 0 fully saturated rings. The minimum Gasteiger partial charge on any atom is -0.113 e. The fourth-order valence-electron chi connectivity index (χ4n) is 2.27. The van der Waals surface area contributed by atoms with Crippen molar-refractivity contribution in [2.24, 2.45) is 0 Å². The molecular formula is C19H22BrCl. The number of hydrogen-bond acceptors (Lipinski definition) is 0. The zero-order valence-electron chi connectivity index (χ0n) is 13.1. The Hall–Kier alpha value is -0.790. The van der Waals surface area contributed by atoms with E-state index in [1.165, 1.54) is 11.1 Å². The molecule has 0 saturated heterocycles. The maximum Gasteiger partial charge on any atom is 0.0835 e. The van der Waals surface area contributed by atoms with Crippen molar-refractivity contribution in [3.05, 3.63) is 69.2 Å². The number of halogens is 2. The van der Waals surface area contributed by atoms with Gasteiger partial charge in [-0.15, -0.1) is 11.6 Å². The fourth-order valence-corrected chi connectivity index (χ4v) is 2.94. The largest absolute Gasteiger partial charge is 0.113 e. The number of hydrogen-bond donors (Lipinski definition) is 0. The van der Waals surface area contributed by atoms with Gasteiger partial charge in [0, 0.05) is 4.47 Å². The molecule has 0 N–H and O–H groups in total. The predicted molar refractivity (Wildman–Crippen MR) is 96.3 cm³/mol. The van der Waals surface area contributed by atoms with Crippen molar-refractivity contribution in [1.29, 1.82) is 0 Å². The van der Waals surface area contributed by atoms with E-state index in [0.717, 1.165) is 22.0 Å². The first kappa shape index (κ1) is 16.6. The molecule has 0 aliphatic carbocycles. The van der Waals surface area contributed by atoms with Crippen molar-refractivity contribution in [2.45, 2.75) is 44.9 Å². The maximum absolute atomic E-state index is 6.64. The van der Waals surface area contributed by atoms with Gasteiger partial charge in [-0.2, -0.15) is 0 Å². The third-order valence-corrected chi connectivity index (χ3v) is 5.72. The van der Waals surface area contributed by atoms with E-state index in [1.54, 1.807) is 0 Å². The van der Waals surface area contributed by atoms with Crippen LogP contribution in [-0.4, -0.2) is 0 Å². The van der Waals surface area contributed by atoms with E-state index in [4.69, 9.17) is 11.6 Å².